The quantitative estimate of drug-likeness (QED) is 0.751. The molecule has 0 unspecified atom stereocenters. The van der Waals surface area contributed by atoms with E-state index in [0.717, 1.165) is 15.7 Å². The first-order chi connectivity index (χ1) is 12.5. The molecule has 1 aliphatic heterocycles. The highest BCUT2D eigenvalue weighted by Gasteiger charge is 2.35. The van der Waals surface area contributed by atoms with E-state index in [9.17, 15) is 14.4 Å². The van der Waals surface area contributed by atoms with Crippen LogP contribution < -0.4 is 15.8 Å². The number of anilines is 1. The lowest BCUT2D eigenvalue weighted by atomic mass is 10.1. The van der Waals surface area contributed by atoms with Gasteiger partial charge in [-0.05, 0) is 33.6 Å². The zero-order valence-electron chi connectivity index (χ0n) is 13.9. The molecule has 0 aromatic heterocycles. The molecule has 1 atom stereocenters. The molecule has 0 radical (unpaired) electrons. The Morgan fingerprint density at radius 3 is 2.46 bits per heavy atom. The van der Waals surface area contributed by atoms with Crippen LogP contribution in [-0.4, -0.2) is 24.3 Å². The Bertz CT molecular complexity index is 826. The number of halogens is 1. The number of para-hydroxylation sites is 1. The Balaban J connectivity index is 1.53. The smallest absolute Gasteiger partial charge is 0.243 e. The summed E-state index contributed by atoms with van der Waals surface area (Å²) in [6.07, 6.45) is 0.287. The van der Waals surface area contributed by atoms with Crippen LogP contribution in [0.15, 0.2) is 59.1 Å². The fourth-order valence-electron chi connectivity index (χ4n) is 2.85. The molecule has 0 saturated carbocycles. The maximum Gasteiger partial charge on any atom is 0.243 e. The summed E-state index contributed by atoms with van der Waals surface area (Å²) in [6.45, 7) is 0.280. The molecule has 1 saturated heterocycles. The molecule has 2 aromatic carbocycles. The van der Waals surface area contributed by atoms with Gasteiger partial charge in [-0.25, -0.2) is 0 Å². The van der Waals surface area contributed by atoms with Crippen LogP contribution in [0.5, 0.6) is 0 Å². The van der Waals surface area contributed by atoms with Crippen molar-refractivity contribution in [3.8, 4) is 0 Å². The molecule has 26 heavy (non-hydrogen) atoms. The maximum atomic E-state index is 12.3. The number of carbonyl (C=O) groups is 3. The Kier molecular flexibility index (Phi) is 5.68. The standard InChI is InChI=1S/C19H18BrN3O3/c20-15-8-4-5-9-16(15)23-12-14(11-18(23)25)19(26)22-21-17(24)10-13-6-2-1-3-7-13/h1-9,14H,10-12H2,(H,21,24)(H,22,26)/t14-/m1/s1. The lowest BCUT2D eigenvalue weighted by Crippen LogP contribution is -2.45. The van der Waals surface area contributed by atoms with E-state index in [-0.39, 0.29) is 37.1 Å². The third kappa shape index (κ3) is 4.29. The molecular weight excluding hydrogens is 398 g/mol. The van der Waals surface area contributed by atoms with Crippen LogP contribution in [0, 0.1) is 5.92 Å². The molecule has 1 heterocycles. The Labute approximate surface area is 159 Å². The van der Waals surface area contributed by atoms with Crippen LogP contribution in [0.25, 0.3) is 0 Å². The van der Waals surface area contributed by atoms with E-state index < -0.39 is 5.92 Å². The van der Waals surface area contributed by atoms with Gasteiger partial charge < -0.3 is 4.90 Å². The number of rotatable bonds is 4. The Morgan fingerprint density at radius 1 is 1.04 bits per heavy atom. The van der Waals surface area contributed by atoms with Gasteiger partial charge in [0.15, 0.2) is 0 Å². The van der Waals surface area contributed by atoms with E-state index in [1.165, 1.54) is 0 Å². The molecule has 0 bridgehead atoms. The van der Waals surface area contributed by atoms with Gasteiger partial charge in [-0.1, -0.05) is 42.5 Å². The van der Waals surface area contributed by atoms with Crippen molar-refractivity contribution in [2.45, 2.75) is 12.8 Å². The minimum Gasteiger partial charge on any atom is -0.310 e. The third-order valence-electron chi connectivity index (χ3n) is 4.17. The second-order valence-electron chi connectivity index (χ2n) is 6.06. The average Bonchev–Trinajstić information content (AvgIpc) is 3.02. The first-order valence-electron chi connectivity index (χ1n) is 8.22. The summed E-state index contributed by atoms with van der Waals surface area (Å²) >= 11 is 3.42. The summed E-state index contributed by atoms with van der Waals surface area (Å²) in [4.78, 5) is 38.1. The number of nitrogens with one attached hydrogen (secondary N) is 2. The average molecular weight is 416 g/mol. The zero-order chi connectivity index (χ0) is 18.5. The summed E-state index contributed by atoms with van der Waals surface area (Å²) in [5, 5.41) is 0. The van der Waals surface area contributed by atoms with Gasteiger partial charge in [0.25, 0.3) is 0 Å². The van der Waals surface area contributed by atoms with Crippen LogP contribution in [0.2, 0.25) is 0 Å². The minimum atomic E-state index is -0.508. The number of benzene rings is 2. The molecule has 1 aliphatic rings. The van der Waals surface area contributed by atoms with Crippen LogP contribution in [0.3, 0.4) is 0 Å². The van der Waals surface area contributed by atoms with Crippen LogP contribution in [0.4, 0.5) is 5.69 Å². The lowest BCUT2D eigenvalue weighted by Gasteiger charge is -2.18. The van der Waals surface area contributed by atoms with Gasteiger partial charge in [-0.3, -0.25) is 25.2 Å². The van der Waals surface area contributed by atoms with E-state index in [2.05, 4.69) is 26.8 Å². The van der Waals surface area contributed by atoms with Gasteiger partial charge >= 0.3 is 0 Å². The van der Waals surface area contributed by atoms with Crippen molar-refractivity contribution in [3.63, 3.8) is 0 Å². The lowest BCUT2D eigenvalue weighted by molar-refractivity contribution is -0.131. The van der Waals surface area contributed by atoms with Gasteiger partial charge in [0.1, 0.15) is 0 Å². The summed E-state index contributed by atoms with van der Waals surface area (Å²) in [5.41, 5.74) is 6.43. The largest absolute Gasteiger partial charge is 0.310 e. The van der Waals surface area contributed by atoms with Gasteiger partial charge in [0.05, 0.1) is 18.0 Å². The highest BCUT2D eigenvalue weighted by Crippen LogP contribution is 2.31. The van der Waals surface area contributed by atoms with Crippen molar-refractivity contribution >= 4 is 39.3 Å². The second kappa shape index (κ2) is 8.14. The SMILES string of the molecule is O=C(Cc1ccccc1)NNC(=O)[C@@H]1CC(=O)N(c2ccccc2Br)C1. The highest BCUT2D eigenvalue weighted by molar-refractivity contribution is 9.10. The van der Waals surface area contributed by atoms with Crippen molar-refractivity contribution < 1.29 is 14.4 Å². The van der Waals surface area contributed by atoms with Crippen LogP contribution in [0.1, 0.15) is 12.0 Å². The van der Waals surface area contributed by atoms with Gasteiger partial charge in [0.2, 0.25) is 17.7 Å². The molecule has 2 N–H and O–H groups in total. The molecule has 7 heteroatoms. The van der Waals surface area contributed by atoms with Crippen molar-refractivity contribution in [2.75, 3.05) is 11.4 Å². The zero-order valence-corrected chi connectivity index (χ0v) is 15.5. The molecule has 134 valence electrons. The third-order valence-corrected chi connectivity index (χ3v) is 4.84. The van der Waals surface area contributed by atoms with E-state index in [4.69, 9.17) is 0 Å². The van der Waals surface area contributed by atoms with E-state index >= 15 is 0 Å². The van der Waals surface area contributed by atoms with Crippen LogP contribution in [-0.2, 0) is 20.8 Å². The van der Waals surface area contributed by atoms with Gasteiger partial charge in [-0.15, -0.1) is 0 Å². The highest BCUT2D eigenvalue weighted by atomic mass is 79.9. The molecule has 3 rings (SSSR count). The van der Waals surface area contributed by atoms with Crippen molar-refractivity contribution in [1.82, 2.24) is 10.9 Å². The minimum absolute atomic E-state index is 0.113. The maximum absolute atomic E-state index is 12.3. The van der Waals surface area contributed by atoms with Gasteiger partial charge in [-0.2, -0.15) is 0 Å². The number of hydrogen-bond acceptors (Lipinski definition) is 3. The van der Waals surface area contributed by atoms with E-state index in [1.54, 1.807) is 4.90 Å². The number of carbonyl (C=O) groups excluding carboxylic acids is 3. The van der Waals surface area contributed by atoms with Crippen molar-refractivity contribution in [2.24, 2.45) is 5.92 Å². The molecule has 1 fully saturated rings. The summed E-state index contributed by atoms with van der Waals surface area (Å²) in [7, 11) is 0. The summed E-state index contributed by atoms with van der Waals surface area (Å²) < 4.78 is 0.797. The first kappa shape index (κ1) is 18.1. The number of hydrogen-bond donors (Lipinski definition) is 2. The fraction of sp³-hybridized carbons (Fsp3) is 0.211. The van der Waals surface area contributed by atoms with Crippen molar-refractivity contribution in [1.29, 1.82) is 0 Å². The summed E-state index contributed by atoms with van der Waals surface area (Å²) in [5.74, 6) is -1.30. The molecule has 2 aromatic rings. The number of amides is 3. The molecular formula is C19H18BrN3O3. The Hall–Kier alpha value is -2.67. The van der Waals surface area contributed by atoms with Crippen LogP contribution >= 0.6 is 15.9 Å². The Morgan fingerprint density at radius 2 is 1.73 bits per heavy atom. The van der Waals surface area contributed by atoms with E-state index in [1.807, 2.05) is 54.6 Å². The number of nitrogens with zero attached hydrogens (tertiary/aromatic N) is 1. The van der Waals surface area contributed by atoms with E-state index in [0.29, 0.717) is 0 Å². The predicted octanol–water partition coefficient (Wildman–Crippen LogP) is 2.19. The predicted molar refractivity (Wildman–Crippen MR) is 101 cm³/mol. The monoisotopic (exact) mass is 415 g/mol. The molecule has 0 aliphatic carbocycles. The molecule has 6 nitrogen and oxygen atoms in total. The molecule has 3 amide bonds. The summed E-state index contributed by atoms with van der Waals surface area (Å²) in [6, 6.07) is 16.6. The normalized spacial score (nSPS) is 16.4. The second-order valence-corrected chi connectivity index (χ2v) is 6.91. The topological polar surface area (TPSA) is 78.5 Å². The molecule has 0 spiro atoms. The van der Waals surface area contributed by atoms with Crippen molar-refractivity contribution in [3.05, 3.63) is 64.6 Å². The van der Waals surface area contributed by atoms with Gasteiger partial charge in [0, 0.05) is 17.4 Å². The fourth-order valence-corrected chi connectivity index (χ4v) is 3.34. The first-order valence-corrected chi connectivity index (χ1v) is 9.01. The number of hydrazine groups is 1.